The minimum atomic E-state index is -3.28. The number of nitroso groups, excluding NO2 is 1. The molecule has 108 valence electrons. The Labute approximate surface area is 115 Å². The summed E-state index contributed by atoms with van der Waals surface area (Å²) in [5.41, 5.74) is 0.265. The van der Waals surface area contributed by atoms with Gasteiger partial charge in [0.05, 0.1) is 5.75 Å². The van der Waals surface area contributed by atoms with Crippen molar-refractivity contribution in [1.29, 1.82) is 0 Å². The molecule has 1 amide bonds. The van der Waals surface area contributed by atoms with Gasteiger partial charge in [-0.2, -0.15) is 0 Å². The summed E-state index contributed by atoms with van der Waals surface area (Å²) in [7, 11) is -3.28. The van der Waals surface area contributed by atoms with Crippen molar-refractivity contribution < 1.29 is 22.7 Å². The van der Waals surface area contributed by atoms with Gasteiger partial charge in [0.1, 0.15) is 6.61 Å². The van der Waals surface area contributed by atoms with E-state index in [4.69, 9.17) is 4.74 Å². The van der Waals surface area contributed by atoms with E-state index in [2.05, 4.69) is 5.18 Å². The summed E-state index contributed by atoms with van der Waals surface area (Å²) in [6.45, 7) is -0.382. The highest BCUT2D eigenvalue weighted by Gasteiger charge is 2.31. The molecule has 0 fully saturated rings. The molecule has 0 bridgehead atoms. The van der Waals surface area contributed by atoms with Crippen LogP contribution < -0.4 is 0 Å². The number of benzene rings is 1. The number of sulfone groups is 1. The molecule has 1 aromatic carbocycles. The van der Waals surface area contributed by atoms with Gasteiger partial charge in [-0.3, -0.25) is 9.59 Å². The molecule has 0 N–H and O–H groups in total. The Morgan fingerprint density at radius 3 is 2.35 bits per heavy atom. The van der Waals surface area contributed by atoms with Gasteiger partial charge in [0.25, 0.3) is 0 Å². The van der Waals surface area contributed by atoms with Gasteiger partial charge in [0, 0.05) is 11.4 Å². The smallest absolute Gasteiger partial charge is 0.323 e. The third-order valence-electron chi connectivity index (χ3n) is 2.40. The average molecular weight is 299 g/mol. The number of nitrogens with zero attached hydrogens (tertiary/aromatic N) is 1. The number of hydrogen-bond acceptors (Lipinski definition) is 6. The van der Waals surface area contributed by atoms with Gasteiger partial charge in [0.2, 0.25) is 0 Å². The van der Waals surface area contributed by atoms with E-state index < -0.39 is 27.6 Å². The molecule has 1 atom stereocenters. The number of ether oxygens (including phenoxy) is 1. The van der Waals surface area contributed by atoms with Crippen LogP contribution >= 0.6 is 0 Å². The molecule has 0 aliphatic rings. The molecule has 0 aliphatic heterocycles. The van der Waals surface area contributed by atoms with Gasteiger partial charge in [-0.1, -0.05) is 30.3 Å². The van der Waals surface area contributed by atoms with E-state index >= 15 is 0 Å². The summed E-state index contributed by atoms with van der Waals surface area (Å²) in [4.78, 5) is 33.6. The zero-order chi connectivity index (χ0) is 15.2. The summed E-state index contributed by atoms with van der Waals surface area (Å²) in [5.74, 6) is -4.00. The second-order valence-electron chi connectivity index (χ2n) is 4.07. The van der Waals surface area contributed by atoms with Crippen LogP contribution in [0.3, 0.4) is 0 Å². The Hall–Kier alpha value is -2.09. The quantitative estimate of drug-likeness (QED) is 0.433. The molecule has 0 saturated carbocycles. The fourth-order valence-corrected chi connectivity index (χ4v) is 1.84. The number of rotatable bonds is 6. The molecule has 7 nitrogen and oxygen atoms in total. The Kier molecular flexibility index (Phi) is 5.51. The Morgan fingerprint density at radius 2 is 1.85 bits per heavy atom. The molecule has 20 heavy (non-hydrogen) atoms. The van der Waals surface area contributed by atoms with Crippen molar-refractivity contribution in [2.75, 3.05) is 18.6 Å². The Balaban J connectivity index is 2.82. The van der Waals surface area contributed by atoms with Gasteiger partial charge < -0.3 is 4.74 Å². The lowest BCUT2D eigenvalue weighted by atomic mass is 9.99. The highest BCUT2D eigenvalue weighted by Crippen LogP contribution is 2.19. The lowest BCUT2D eigenvalue weighted by Gasteiger charge is -2.11. The molecule has 0 heterocycles. The Morgan fingerprint density at radius 1 is 1.25 bits per heavy atom. The van der Waals surface area contributed by atoms with E-state index in [1.54, 1.807) is 18.2 Å². The van der Waals surface area contributed by atoms with Gasteiger partial charge in [0.15, 0.2) is 15.8 Å². The van der Waals surface area contributed by atoms with Crippen LogP contribution in [0.5, 0.6) is 0 Å². The average Bonchev–Trinajstić information content (AvgIpc) is 2.38. The van der Waals surface area contributed by atoms with Crippen LogP contribution in [-0.2, 0) is 24.2 Å². The van der Waals surface area contributed by atoms with Crippen molar-refractivity contribution in [3.63, 3.8) is 0 Å². The molecule has 1 rings (SSSR count). The van der Waals surface area contributed by atoms with E-state index in [9.17, 15) is 22.9 Å². The van der Waals surface area contributed by atoms with E-state index in [0.717, 1.165) is 6.26 Å². The topological polar surface area (TPSA) is 107 Å². The summed E-state index contributed by atoms with van der Waals surface area (Å²) < 4.78 is 26.6. The molecule has 0 radical (unpaired) electrons. The van der Waals surface area contributed by atoms with Gasteiger partial charge in [-0.05, 0) is 5.56 Å². The minimum Gasteiger partial charge on any atom is -0.464 e. The Bertz CT molecular complexity index is 596. The van der Waals surface area contributed by atoms with Crippen LogP contribution in [0, 0.1) is 4.91 Å². The largest absolute Gasteiger partial charge is 0.464 e. The van der Waals surface area contributed by atoms with Gasteiger partial charge in [-0.25, -0.2) is 8.42 Å². The van der Waals surface area contributed by atoms with Crippen LogP contribution in [0.1, 0.15) is 11.5 Å². The van der Waals surface area contributed by atoms with Crippen molar-refractivity contribution in [2.45, 2.75) is 5.92 Å². The first kappa shape index (κ1) is 16.0. The predicted octanol–water partition coefficient (Wildman–Crippen LogP) is 0.651. The maximum Gasteiger partial charge on any atom is 0.323 e. The SMILES string of the molecule is CS(=O)(=O)CCOC(=O)C(C(=O)N=O)c1ccccc1. The maximum absolute atomic E-state index is 11.8. The van der Waals surface area contributed by atoms with Crippen molar-refractivity contribution in [3.05, 3.63) is 40.8 Å². The second kappa shape index (κ2) is 6.90. The normalized spacial score (nSPS) is 12.4. The third kappa shape index (κ3) is 4.88. The minimum absolute atomic E-state index is 0.265. The summed E-state index contributed by atoms with van der Waals surface area (Å²) in [6, 6.07) is 7.81. The fraction of sp³-hybridized carbons (Fsp3) is 0.333. The van der Waals surface area contributed by atoms with Crippen LogP contribution in [0.25, 0.3) is 0 Å². The van der Waals surface area contributed by atoms with Crippen molar-refractivity contribution in [1.82, 2.24) is 0 Å². The molecular formula is C12H13NO6S. The lowest BCUT2D eigenvalue weighted by Crippen LogP contribution is -2.24. The number of amides is 1. The maximum atomic E-state index is 11.8. The van der Waals surface area contributed by atoms with Gasteiger partial charge >= 0.3 is 11.9 Å². The zero-order valence-corrected chi connectivity index (χ0v) is 11.5. The van der Waals surface area contributed by atoms with E-state index in [0.29, 0.717) is 0 Å². The molecule has 0 spiro atoms. The first-order chi connectivity index (χ1) is 9.35. The molecule has 0 aliphatic carbocycles. The number of carbonyl (C=O) groups is 2. The lowest BCUT2D eigenvalue weighted by molar-refractivity contribution is -0.147. The summed E-state index contributed by atoms with van der Waals surface area (Å²) >= 11 is 0. The standard InChI is InChI=1S/C12H13NO6S/c1-20(17,18)8-7-19-12(15)10(11(14)13-16)9-5-3-2-4-6-9/h2-6,10H,7-8H2,1H3. The van der Waals surface area contributed by atoms with Crippen LogP contribution in [-0.4, -0.2) is 38.9 Å². The fourth-order valence-electron chi connectivity index (χ4n) is 1.45. The van der Waals surface area contributed by atoms with Gasteiger partial charge in [-0.15, -0.1) is 4.91 Å². The van der Waals surface area contributed by atoms with E-state index in [-0.39, 0.29) is 17.9 Å². The number of carbonyl (C=O) groups excluding carboxylic acids is 2. The highest BCUT2D eigenvalue weighted by molar-refractivity contribution is 7.90. The van der Waals surface area contributed by atoms with Crippen LogP contribution in [0.15, 0.2) is 35.5 Å². The number of hydrogen-bond donors (Lipinski definition) is 0. The monoisotopic (exact) mass is 299 g/mol. The van der Waals surface area contributed by atoms with Crippen molar-refractivity contribution >= 4 is 21.7 Å². The first-order valence-electron chi connectivity index (χ1n) is 5.61. The molecular weight excluding hydrogens is 286 g/mol. The third-order valence-corrected chi connectivity index (χ3v) is 3.31. The number of esters is 1. The molecule has 1 unspecified atom stereocenters. The van der Waals surface area contributed by atoms with E-state index in [1.807, 2.05) is 0 Å². The van der Waals surface area contributed by atoms with E-state index in [1.165, 1.54) is 12.1 Å². The summed E-state index contributed by atoms with van der Waals surface area (Å²) in [6.07, 6.45) is 0.994. The zero-order valence-electron chi connectivity index (χ0n) is 10.7. The predicted molar refractivity (Wildman–Crippen MR) is 70.7 cm³/mol. The summed E-state index contributed by atoms with van der Waals surface area (Å²) in [5, 5.41) is 2.24. The van der Waals surface area contributed by atoms with Crippen molar-refractivity contribution in [2.24, 2.45) is 5.18 Å². The van der Waals surface area contributed by atoms with Crippen molar-refractivity contribution in [3.8, 4) is 0 Å². The second-order valence-corrected chi connectivity index (χ2v) is 6.33. The van der Waals surface area contributed by atoms with Crippen LogP contribution in [0.2, 0.25) is 0 Å². The first-order valence-corrected chi connectivity index (χ1v) is 7.67. The molecule has 0 aromatic heterocycles. The molecule has 1 aromatic rings. The highest BCUT2D eigenvalue weighted by atomic mass is 32.2. The molecule has 8 heteroatoms. The molecule has 0 saturated heterocycles. The van der Waals surface area contributed by atoms with Crippen LogP contribution in [0.4, 0.5) is 0 Å².